The lowest BCUT2D eigenvalue weighted by atomic mass is 10.2. The summed E-state index contributed by atoms with van der Waals surface area (Å²) in [6.45, 7) is 1.84. The number of hydrogen-bond acceptors (Lipinski definition) is 2. The molecule has 1 aromatic carbocycles. The molecule has 0 radical (unpaired) electrons. The molecule has 1 atom stereocenters. The predicted molar refractivity (Wildman–Crippen MR) is 71.4 cm³/mol. The highest BCUT2D eigenvalue weighted by atomic mass is 79.9. The quantitative estimate of drug-likeness (QED) is 0.797. The van der Waals surface area contributed by atoms with Crippen LogP contribution in [-0.4, -0.2) is 23.8 Å². The van der Waals surface area contributed by atoms with Gasteiger partial charge in [-0.15, -0.1) is 0 Å². The molecule has 0 fully saturated rings. The summed E-state index contributed by atoms with van der Waals surface area (Å²) in [5, 5.41) is 14.0. The van der Waals surface area contributed by atoms with E-state index in [-0.39, 0.29) is 12.6 Å². The first kappa shape index (κ1) is 13.7. The van der Waals surface area contributed by atoms with Crippen molar-refractivity contribution in [3.8, 4) is 0 Å². The highest BCUT2D eigenvalue weighted by Gasteiger charge is 1.98. The Morgan fingerprint density at radius 3 is 2.71 bits per heavy atom. The molecule has 4 nitrogen and oxygen atoms in total. The van der Waals surface area contributed by atoms with Crippen molar-refractivity contribution < 1.29 is 9.90 Å². The fourth-order valence-corrected chi connectivity index (χ4v) is 1.34. The Labute approximate surface area is 109 Å². The average molecular weight is 299 g/mol. The third kappa shape index (κ3) is 6.09. The Bertz CT molecular complexity index is 388. The number of urea groups is 1. The molecule has 0 spiro atoms. The van der Waals surface area contributed by atoms with Crippen LogP contribution in [-0.2, 0) is 0 Å². The van der Waals surface area contributed by atoms with Crippen molar-refractivity contribution in [1.29, 1.82) is 0 Å². The second kappa shape index (κ2) is 7.09. The molecule has 0 saturated heterocycles. The van der Waals surface area contributed by atoms with Crippen molar-refractivity contribution in [2.45, 2.75) is 13.0 Å². The Morgan fingerprint density at radius 1 is 1.47 bits per heavy atom. The van der Waals surface area contributed by atoms with E-state index in [0.717, 1.165) is 10.0 Å². The van der Waals surface area contributed by atoms with Crippen LogP contribution in [0.1, 0.15) is 12.5 Å². The Morgan fingerprint density at radius 2 is 2.12 bits per heavy atom. The largest absolute Gasteiger partial charge is 0.392 e. The first-order valence-electron chi connectivity index (χ1n) is 5.22. The second-order valence-corrected chi connectivity index (χ2v) is 4.50. The Hall–Kier alpha value is -1.33. The molecular weight excluding hydrogens is 284 g/mol. The zero-order valence-corrected chi connectivity index (χ0v) is 11.1. The molecule has 0 aliphatic carbocycles. The average Bonchev–Trinajstić information content (AvgIpc) is 2.29. The first-order valence-corrected chi connectivity index (χ1v) is 6.02. The van der Waals surface area contributed by atoms with E-state index in [1.54, 1.807) is 19.2 Å². The lowest BCUT2D eigenvalue weighted by Gasteiger charge is -2.05. The summed E-state index contributed by atoms with van der Waals surface area (Å²) >= 11 is 3.34. The summed E-state index contributed by atoms with van der Waals surface area (Å²) in [7, 11) is 0. The SMILES string of the molecule is CC(O)CNC(=O)N/C=C/c1ccc(Br)cc1. The van der Waals surface area contributed by atoms with Crippen LogP contribution in [0.25, 0.3) is 6.08 Å². The molecule has 0 aliphatic rings. The minimum Gasteiger partial charge on any atom is -0.392 e. The van der Waals surface area contributed by atoms with Crippen LogP contribution < -0.4 is 10.6 Å². The van der Waals surface area contributed by atoms with Gasteiger partial charge in [-0.05, 0) is 30.7 Å². The molecule has 0 bridgehead atoms. The monoisotopic (exact) mass is 298 g/mol. The van der Waals surface area contributed by atoms with Crippen molar-refractivity contribution in [2.24, 2.45) is 0 Å². The van der Waals surface area contributed by atoms with Crippen LogP contribution in [0, 0.1) is 0 Å². The molecule has 1 aromatic rings. The molecule has 0 heterocycles. The van der Waals surface area contributed by atoms with Gasteiger partial charge in [0.15, 0.2) is 0 Å². The van der Waals surface area contributed by atoms with E-state index < -0.39 is 6.10 Å². The molecule has 92 valence electrons. The van der Waals surface area contributed by atoms with Gasteiger partial charge in [-0.25, -0.2) is 4.79 Å². The first-order chi connectivity index (χ1) is 8.08. The molecule has 0 saturated carbocycles. The van der Waals surface area contributed by atoms with Crippen LogP contribution in [0.2, 0.25) is 0 Å². The van der Waals surface area contributed by atoms with Gasteiger partial charge in [-0.2, -0.15) is 0 Å². The van der Waals surface area contributed by atoms with Crippen LogP contribution in [0.3, 0.4) is 0 Å². The van der Waals surface area contributed by atoms with Gasteiger partial charge in [-0.1, -0.05) is 28.1 Å². The Balaban J connectivity index is 2.34. The standard InChI is InChI=1S/C12H15BrN2O2/c1-9(16)8-15-12(17)14-7-6-10-2-4-11(13)5-3-10/h2-7,9,16H,8H2,1H3,(H2,14,15,17)/b7-6+. The van der Waals surface area contributed by atoms with Gasteiger partial charge in [-0.3, -0.25) is 0 Å². The van der Waals surface area contributed by atoms with Gasteiger partial charge < -0.3 is 15.7 Å². The zero-order valence-electron chi connectivity index (χ0n) is 9.48. The van der Waals surface area contributed by atoms with Crippen LogP contribution in [0.15, 0.2) is 34.9 Å². The van der Waals surface area contributed by atoms with Crippen LogP contribution in [0.5, 0.6) is 0 Å². The molecule has 0 aliphatic heterocycles. The maximum Gasteiger partial charge on any atom is 0.318 e. The predicted octanol–water partition coefficient (Wildman–Crippen LogP) is 2.10. The van der Waals surface area contributed by atoms with Crippen molar-refractivity contribution >= 4 is 28.0 Å². The van der Waals surface area contributed by atoms with Crippen molar-refractivity contribution in [1.82, 2.24) is 10.6 Å². The number of amides is 2. The lowest BCUT2D eigenvalue weighted by molar-refractivity contribution is 0.188. The number of nitrogens with one attached hydrogen (secondary N) is 2. The number of benzene rings is 1. The second-order valence-electron chi connectivity index (χ2n) is 3.59. The molecular formula is C12H15BrN2O2. The van der Waals surface area contributed by atoms with Crippen molar-refractivity contribution in [3.05, 3.63) is 40.5 Å². The molecule has 1 unspecified atom stereocenters. The molecule has 1 rings (SSSR count). The molecule has 17 heavy (non-hydrogen) atoms. The van der Waals surface area contributed by atoms with E-state index in [1.807, 2.05) is 24.3 Å². The molecule has 0 aromatic heterocycles. The third-order valence-electron chi connectivity index (χ3n) is 1.92. The fraction of sp³-hybridized carbons (Fsp3) is 0.250. The summed E-state index contributed by atoms with van der Waals surface area (Å²) < 4.78 is 1.01. The summed E-state index contributed by atoms with van der Waals surface area (Å²) in [6.07, 6.45) is 2.80. The van der Waals surface area contributed by atoms with Gasteiger partial charge in [0.05, 0.1) is 6.10 Å². The van der Waals surface area contributed by atoms with Gasteiger partial charge in [0.2, 0.25) is 0 Å². The fourth-order valence-electron chi connectivity index (χ4n) is 1.08. The van der Waals surface area contributed by atoms with E-state index in [0.29, 0.717) is 0 Å². The Kier molecular flexibility index (Phi) is 5.72. The van der Waals surface area contributed by atoms with Crippen molar-refractivity contribution in [3.63, 3.8) is 0 Å². The van der Waals surface area contributed by atoms with E-state index in [2.05, 4.69) is 26.6 Å². The maximum atomic E-state index is 11.2. The number of rotatable bonds is 4. The summed E-state index contributed by atoms with van der Waals surface area (Å²) in [5.74, 6) is 0. The minimum absolute atomic E-state index is 0.234. The molecule has 5 heteroatoms. The number of carbonyl (C=O) groups is 1. The van der Waals surface area contributed by atoms with Crippen LogP contribution >= 0.6 is 15.9 Å². The van der Waals surface area contributed by atoms with Crippen molar-refractivity contribution in [2.75, 3.05) is 6.54 Å². The number of halogens is 1. The lowest BCUT2D eigenvalue weighted by Crippen LogP contribution is -2.36. The number of carbonyl (C=O) groups excluding carboxylic acids is 1. The highest BCUT2D eigenvalue weighted by Crippen LogP contribution is 2.10. The van der Waals surface area contributed by atoms with E-state index in [4.69, 9.17) is 5.11 Å². The smallest absolute Gasteiger partial charge is 0.318 e. The van der Waals surface area contributed by atoms with E-state index in [1.165, 1.54) is 0 Å². The maximum absolute atomic E-state index is 11.2. The number of aliphatic hydroxyl groups excluding tert-OH is 1. The van der Waals surface area contributed by atoms with E-state index >= 15 is 0 Å². The summed E-state index contributed by atoms with van der Waals surface area (Å²) in [5.41, 5.74) is 0.990. The topological polar surface area (TPSA) is 61.4 Å². The highest BCUT2D eigenvalue weighted by molar-refractivity contribution is 9.10. The van der Waals surface area contributed by atoms with Gasteiger partial charge >= 0.3 is 6.03 Å². The number of hydrogen-bond donors (Lipinski definition) is 3. The summed E-state index contributed by atoms with van der Waals surface area (Å²) in [6, 6.07) is 7.37. The van der Waals surface area contributed by atoms with Crippen LogP contribution in [0.4, 0.5) is 4.79 Å². The van der Waals surface area contributed by atoms with E-state index in [9.17, 15) is 4.79 Å². The van der Waals surface area contributed by atoms with Gasteiger partial charge in [0.25, 0.3) is 0 Å². The molecule has 2 amide bonds. The zero-order chi connectivity index (χ0) is 12.7. The number of aliphatic hydroxyl groups is 1. The minimum atomic E-state index is -0.545. The third-order valence-corrected chi connectivity index (χ3v) is 2.45. The van der Waals surface area contributed by atoms with Gasteiger partial charge in [0.1, 0.15) is 0 Å². The summed E-state index contributed by atoms with van der Waals surface area (Å²) in [4.78, 5) is 11.2. The molecule has 3 N–H and O–H groups in total. The normalized spacial score (nSPS) is 12.4. The van der Waals surface area contributed by atoms with Gasteiger partial charge in [0, 0.05) is 17.2 Å².